The highest BCUT2D eigenvalue weighted by atomic mass is 15.2. The fourth-order valence-electron chi connectivity index (χ4n) is 2.54. The lowest BCUT2D eigenvalue weighted by molar-refractivity contribution is 0.426. The lowest BCUT2D eigenvalue weighted by atomic mass is 9.94. The summed E-state index contributed by atoms with van der Waals surface area (Å²) in [6.45, 7) is 0.625. The highest BCUT2D eigenvalue weighted by Gasteiger charge is 2.19. The minimum absolute atomic E-state index is 0.484. The molecule has 1 saturated carbocycles. The molecule has 0 radical (unpaired) electrons. The fourth-order valence-corrected chi connectivity index (χ4v) is 2.54. The summed E-state index contributed by atoms with van der Waals surface area (Å²) in [6.07, 6.45) is 8.55. The number of nitrogens with one attached hydrogen (secondary N) is 1. The van der Waals surface area contributed by atoms with E-state index in [1.54, 1.807) is 6.33 Å². The second-order valence-corrected chi connectivity index (χ2v) is 5.00. The lowest BCUT2D eigenvalue weighted by Crippen LogP contribution is -2.33. The van der Waals surface area contributed by atoms with Gasteiger partial charge in [0.25, 0.3) is 0 Å². The van der Waals surface area contributed by atoms with Crippen molar-refractivity contribution in [3.63, 3.8) is 0 Å². The Morgan fingerprint density at radius 1 is 1.37 bits per heavy atom. The Morgan fingerprint density at radius 3 is 2.89 bits per heavy atom. The number of rotatable bonds is 5. The molecule has 0 bridgehead atoms. The van der Waals surface area contributed by atoms with E-state index in [4.69, 9.17) is 5.26 Å². The molecule has 0 amide bonds. The van der Waals surface area contributed by atoms with Crippen molar-refractivity contribution >= 4 is 11.6 Å². The van der Waals surface area contributed by atoms with Crippen molar-refractivity contribution in [1.29, 1.82) is 5.26 Å². The van der Waals surface area contributed by atoms with E-state index in [-0.39, 0.29) is 0 Å². The molecular formula is C14H21N5. The van der Waals surface area contributed by atoms with Gasteiger partial charge in [-0.25, -0.2) is 9.97 Å². The number of aromatic nitrogens is 2. The van der Waals surface area contributed by atoms with Crippen molar-refractivity contribution in [2.24, 2.45) is 0 Å². The van der Waals surface area contributed by atoms with Crippen LogP contribution in [0.15, 0.2) is 12.4 Å². The minimum atomic E-state index is 0.484. The third kappa shape index (κ3) is 3.82. The Morgan fingerprint density at radius 2 is 2.16 bits per heavy atom. The molecule has 1 heterocycles. The smallest absolute Gasteiger partial charge is 0.134 e. The van der Waals surface area contributed by atoms with E-state index in [9.17, 15) is 0 Å². The topological polar surface area (TPSA) is 64.8 Å². The third-order valence-electron chi connectivity index (χ3n) is 3.68. The molecule has 5 nitrogen and oxygen atoms in total. The predicted molar refractivity (Wildman–Crippen MR) is 76.0 cm³/mol. The van der Waals surface area contributed by atoms with Gasteiger partial charge in [0.2, 0.25) is 0 Å². The summed E-state index contributed by atoms with van der Waals surface area (Å²) in [4.78, 5) is 10.8. The van der Waals surface area contributed by atoms with E-state index in [1.165, 1.54) is 32.1 Å². The summed E-state index contributed by atoms with van der Waals surface area (Å²) in [5.74, 6) is 1.75. The molecule has 0 unspecified atom stereocenters. The third-order valence-corrected chi connectivity index (χ3v) is 3.68. The van der Waals surface area contributed by atoms with Gasteiger partial charge < -0.3 is 10.2 Å². The average Bonchev–Trinajstić information content (AvgIpc) is 2.48. The number of hydrogen-bond acceptors (Lipinski definition) is 5. The monoisotopic (exact) mass is 259 g/mol. The Hall–Kier alpha value is -1.83. The van der Waals surface area contributed by atoms with Crippen LogP contribution in [0, 0.1) is 11.3 Å². The van der Waals surface area contributed by atoms with Crippen molar-refractivity contribution in [3.05, 3.63) is 12.4 Å². The summed E-state index contributed by atoms with van der Waals surface area (Å²) in [5.41, 5.74) is 0. The van der Waals surface area contributed by atoms with Crippen LogP contribution in [0.2, 0.25) is 0 Å². The molecule has 19 heavy (non-hydrogen) atoms. The van der Waals surface area contributed by atoms with Crippen LogP contribution in [0.1, 0.15) is 38.5 Å². The molecule has 0 saturated heterocycles. The lowest BCUT2D eigenvalue weighted by Gasteiger charge is -2.32. The molecule has 1 aliphatic rings. The van der Waals surface area contributed by atoms with E-state index >= 15 is 0 Å². The van der Waals surface area contributed by atoms with Gasteiger partial charge in [-0.15, -0.1) is 0 Å². The van der Waals surface area contributed by atoms with Gasteiger partial charge in [-0.1, -0.05) is 19.3 Å². The van der Waals surface area contributed by atoms with Crippen molar-refractivity contribution < 1.29 is 0 Å². The molecule has 0 atom stereocenters. The molecule has 0 aliphatic heterocycles. The SMILES string of the molecule is CN(c1cc(NCCC#N)ncn1)C1CCCCC1. The second kappa shape index (κ2) is 6.93. The first kappa shape index (κ1) is 13.6. The molecular weight excluding hydrogens is 238 g/mol. The van der Waals surface area contributed by atoms with E-state index in [0.29, 0.717) is 19.0 Å². The molecule has 1 aromatic heterocycles. The van der Waals surface area contributed by atoms with Crippen LogP contribution in [0.4, 0.5) is 11.6 Å². The quantitative estimate of drug-likeness (QED) is 0.823. The van der Waals surface area contributed by atoms with Crippen molar-refractivity contribution in [3.8, 4) is 6.07 Å². The standard InChI is InChI=1S/C14H21N5/c1-19(12-6-3-2-4-7-12)14-10-13(17-11-18-14)16-9-5-8-15/h10-12H,2-7,9H2,1H3,(H,16,17,18). The van der Waals surface area contributed by atoms with Crippen LogP contribution in [0.25, 0.3) is 0 Å². The largest absolute Gasteiger partial charge is 0.369 e. The molecule has 0 spiro atoms. The Labute approximate surface area is 114 Å². The first-order chi connectivity index (χ1) is 9.31. The molecule has 1 aliphatic carbocycles. The Kier molecular flexibility index (Phi) is 4.96. The summed E-state index contributed by atoms with van der Waals surface area (Å²) < 4.78 is 0. The highest BCUT2D eigenvalue weighted by Crippen LogP contribution is 2.25. The maximum Gasteiger partial charge on any atom is 0.134 e. The zero-order valence-electron chi connectivity index (χ0n) is 11.5. The first-order valence-electron chi connectivity index (χ1n) is 6.97. The summed E-state index contributed by atoms with van der Waals surface area (Å²) >= 11 is 0. The molecule has 5 heteroatoms. The maximum absolute atomic E-state index is 8.53. The van der Waals surface area contributed by atoms with Gasteiger partial charge in [0.1, 0.15) is 18.0 Å². The summed E-state index contributed by atoms with van der Waals surface area (Å²) in [5, 5.41) is 11.7. The van der Waals surface area contributed by atoms with Gasteiger partial charge in [0.15, 0.2) is 0 Å². The van der Waals surface area contributed by atoms with E-state index in [1.807, 2.05) is 6.07 Å². The predicted octanol–water partition coefficient (Wildman–Crippen LogP) is 2.57. The number of nitriles is 1. The Bertz CT molecular complexity index is 434. The number of nitrogens with zero attached hydrogens (tertiary/aromatic N) is 4. The average molecular weight is 259 g/mol. The molecule has 102 valence electrons. The van der Waals surface area contributed by atoms with Crippen molar-refractivity contribution in [1.82, 2.24) is 9.97 Å². The Balaban J connectivity index is 1.98. The molecule has 1 aromatic rings. The van der Waals surface area contributed by atoms with Crippen LogP contribution < -0.4 is 10.2 Å². The minimum Gasteiger partial charge on any atom is -0.369 e. The highest BCUT2D eigenvalue weighted by molar-refractivity contribution is 5.48. The number of anilines is 2. The van der Waals surface area contributed by atoms with Gasteiger partial charge in [-0.05, 0) is 12.8 Å². The molecule has 2 rings (SSSR count). The molecule has 1 fully saturated rings. The van der Waals surface area contributed by atoms with E-state index in [2.05, 4.69) is 33.3 Å². The van der Waals surface area contributed by atoms with Crippen LogP contribution in [0.3, 0.4) is 0 Å². The van der Waals surface area contributed by atoms with Crippen LogP contribution in [0.5, 0.6) is 0 Å². The van der Waals surface area contributed by atoms with E-state index < -0.39 is 0 Å². The van der Waals surface area contributed by atoms with Crippen LogP contribution >= 0.6 is 0 Å². The van der Waals surface area contributed by atoms with Gasteiger partial charge in [-0.2, -0.15) is 5.26 Å². The van der Waals surface area contributed by atoms with Gasteiger partial charge in [0.05, 0.1) is 12.5 Å². The van der Waals surface area contributed by atoms with Gasteiger partial charge in [0, 0.05) is 25.7 Å². The van der Waals surface area contributed by atoms with E-state index in [0.717, 1.165) is 11.6 Å². The van der Waals surface area contributed by atoms with Crippen molar-refractivity contribution in [2.75, 3.05) is 23.8 Å². The summed E-state index contributed by atoms with van der Waals surface area (Å²) in [7, 11) is 2.11. The molecule has 1 N–H and O–H groups in total. The zero-order valence-corrected chi connectivity index (χ0v) is 11.5. The second-order valence-electron chi connectivity index (χ2n) is 5.00. The normalized spacial score (nSPS) is 15.8. The van der Waals surface area contributed by atoms with Crippen LogP contribution in [-0.2, 0) is 0 Å². The molecule has 0 aromatic carbocycles. The van der Waals surface area contributed by atoms with Gasteiger partial charge in [-0.3, -0.25) is 0 Å². The van der Waals surface area contributed by atoms with Crippen LogP contribution in [-0.4, -0.2) is 29.6 Å². The first-order valence-corrected chi connectivity index (χ1v) is 6.97. The summed E-state index contributed by atoms with van der Waals surface area (Å²) in [6, 6.07) is 4.67. The zero-order chi connectivity index (χ0) is 13.5. The number of hydrogen-bond donors (Lipinski definition) is 1. The maximum atomic E-state index is 8.53. The van der Waals surface area contributed by atoms with Gasteiger partial charge >= 0.3 is 0 Å². The fraction of sp³-hybridized carbons (Fsp3) is 0.643. The van der Waals surface area contributed by atoms with Crippen molar-refractivity contribution in [2.45, 2.75) is 44.6 Å².